The van der Waals surface area contributed by atoms with E-state index in [4.69, 9.17) is 0 Å². The van der Waals surface area contributed by atoms with Gasteiger partial charge in [0.1, 0.15) is 15.7 Å². The number of sulfone groups is 1. The molecule has 0 N–H and O–H groups in total. The van der Waals surface area contributed by atoms with Crippen LogP contribution in [-0.4, -0.2) is 30.0 Å². The Morgan fingerprint density at radius 2 is 2.12 bits per heavy atom. The Hall–Kier alpha value is -0.840. The summed E-state index contributed by atoms with van der Waals surface area (Å²) < 4.78 is 24.0. The minimum atomic E-state index is -2.81. The molecule has 0 spiro atoms. The van der Waals surface area contributed by atoms with Crippen LogP contribution in [0.25, 0.3) is 0 Å². The minimum Gasteiger partial charge on any atom is -0.335 e. The van der Waals surface area contributed by atoms with E-state index in [1.807, 2.05) is 12.4 Å². The fraction of sp³-hybridized carbons (Fsp3) is 0.727. The van der Waals surface area contributed by atoms with Gasteiger partial charge in [0, 0.05) is 37.4 Å². The molecule has 0 aliphatic carbocycles. The molecule has 0 fully saturated rings. The van der Waals surface area contributed by atoms with Gasteiger partial charge in [0.2, 0.25) is 0 Å². The third kappa shape index (κ3) is 4.79. The molecule has 1 aromatic rings. The molecule has 0 amide bonds. The first-order chi connectivity index (χ1) is 7.53. The minimum absolute atomic E-state index is 0.283. The molecule has 0 bridgehead atoms. The maximum Gasteiger partial charge on any atom is 0.147 e. The van der Waals surface area contributed by atoms with E-state index in [0.717, 1.165) is 38.1 Å². The zero-order valence-corrected chi connectivity index (χ0v) is 10.8. The van der Waals surface area contributed by atoms with Gasteiger partial charge < -0.3 is 4.57 Å². The van der Waals surface area contributed by atoms with Crippen molar-refractivity contribution >= 4 is 9.84 Å². The number of hydrogen-bond donors (Lipinski definition) is 0. The van der Waals surface area contributed by atoms with E-state index in [0.29, 0.717) is 0 Å². The molecule has 16 heavy (non-hydrogen) atoms. The topological polar surface area (TPSA) is 52.0 Å². The second-order valence-electron chi connectivity index (χ2n) is 4.12. The van der Waals surface area contributed by atoms with Crippen LogP contribution in [0.4, 0.5) is 0 Å². The van der Waals surface area contributed by atoms with Crippen LogP contribution in [0.3, 0.4) is 0 Å². The quantitative estimate of drug-likeness (QED) is 0.685. The van der Waals surface area contributed by atoms with Gasteiger partial charge in [-0.05, 0) is 19.3 Å². The average Bonchev–Trinajstić information content (AvgIpc) is 2.60. The summed E-state index contributed by atoms with van der Waals surface area (Å²) >= 11 is 0. The van der Waals surface area contributed by atoms with E-state index in [2.05, 4.69) is 16.5 Å². The SMILES string of the molecule is CCCc1nccn1CCCCS(C)(=O)=O. The lowest BCUT2D eigenvalue weighted by Gasteiger charge is -2.06. The van der Waals surface area contributed by atoms with Gasteiger partial charge in [0.05, 0.1) is 0 Å². The highest BCUT2D eigenvalue weighted by Gasteiger charge is 2.03. The molecule has 0 aliphatic rings. The van der Waals surface area contributed by atoms with Gasteiger partial charge in [-0.2, -0.15) is 0 Å². The predicted octanol–water partition coefficient (Wildman–Crippen LogP) is 1.66. The zero-order valence-electron chi connectivity index (χ0n) is 10.0. The molecule has 0 unspecified atom stereocenters. The summed E-state index contributed by atoms with van der Waals surface area (Å²) in [5.74, 6) is 1.38. The maximum absolute atomic E-state index is 10.9. The number of aromatic nitrogens is 2. The van der Waals surface area contributed by atoms with Crippen molar-refractivity contribution in [2.45, 2.75) is 39.2 Å². The van der Waals surface area contributed by atoms with Crippen LogP contribution >= 0.6 is 0 Å². The molecule has 92 valence electrons. The molecule has 1 heterocycles. The van der Waals surface area contributed by atoms with Crippen LogP contribution in [0.1, 0.15) is 32.0 Å². The fourth-order valence-corrected chi connectivity index (χ4v) is 2.37. The van der Waals surface area contributed by atoms with Crippen molar-refractivity contribution in [2.75, 3.05) is 12.0 Å². The summed E-state index contributed by atoms with van der Waals surface area (Å²) in [6.45, 7) is 2.99. The van der Waals surface area contributed by atoms with Crippen molar-refractivity contribution in [2.24, 2.45) is 0 Å². The largest absolute Gasteiger partial charge is 0.335 e. The van der Waals surface area contributed by atoms with Crippen LogP contribution in [0.5, 0.6) is 0 Å². The van der Waals surface area contributed by atoms with Crippen molar-refractivity contribution in [1.82, 2.24) is 9.55 Å². The van der Waals surface area contributed by atoms with Crippen LogP contribution < -0.4 is 0 Å². The molecule has 0 radical (unpaired) electrons. The second-order valence-corrected chi connectivity index (χ2v) is 6.38. The molecule has 0 saturated heterocycles. The van der Waals surface area contributed by atoms with Crippen LogP contribution in [0.2, 0.25) is 0 Å². The molecule has 5 heteroatoms. The highest BCUT2D eigenvalue weighted by molar-refractivity contribution is 7.90. The summed E-state index contributed by atoms with van der Waals surface area (Å²) in [6.07, 6.45) is 8.74. The van der Waals surface area contributed by atoms with E-state index in [1.54, 1.807) is 0 Å². The average molecular weight is 244 g/mol. The summed E-state index contributed by atoms with van der Waals surface area (Å²) in [5, 5.41) is 0. The van der Waals surface area contributed by atoms with Gasteiger partial charge in [-0.1, -0.05) is 6.92 Å². The molecule has 1 aromatic heterocycles. The van der Waals surface area contributed by atoms with Crippen molar-refractivity contribution in [3.63, 3.8) is 0 Å². The molecule has 0 aromatic carbocycles. The van der Waals surface area contributed by atoms with Gasteiger partial charge >= 0.3 is 0 Å². The molecule has 0 atom stereocenters. The van der Waals surface area contributed by atoms with Gasteiger partial charge in [0.25, 0.3) is 0 Å². The van der Waals surface area contributed by atoms with Crippen LogP contribution in [-0.2, 0) is 22.8 Å². The van der Waals surface area contributed by atoms with Crippen molar-refractivity contribution in [3.8, 4) is 0 Å². The lowest BCUT2D eigenvalue weighted by molar-refractivity contribution is 0.578. The molecular weight excluding hydrogens is 224 g/mol. The summed E-state index contributed by atoms with van der Waals surface area (Å²) in [4.78, 5) is 4.28. The first-order valence-corrected chi connectivity index (χ1v) is 7.76. The smallest absolute Gasteiger partial charge is 0.147 e. The summed E-state index contributed by atoms with van der Waals surface area (Å²) in [7, 11) is -2.81. The first-order valence-electron chi connectivity index (χ1n) is 5.70. The monoisotopic (exact) mass is 244 g/mol. The lowest BCUT2D eigenvalue weighted by Crippen LogP contribution is -2.07. The number of aryl methyl sites for hydroxylation is 2. The highest BCUT2D eigenvalue weighted by atomic mass is 32.2. The van der Waals surface area contributed by atoms with E-state index >= 15 is 0 Å². The van der Waals surface area contributed by atoms with Gasteiger partial charge in [-0.3, -0.25) is 0 Å². The molecule has 0 aliphatic heterocycles. The molecular formula is C11H20N2O2S. The Bertz CT molecular complexity index is 409. The van der Waals surface area contributed by atoms with Crippen molar-refractivity contribution in [1.29, 1.82) is 0 Å². The number of hydrogen-bond acceptors (Lipinski definition) is 3. The fourth-order valence-electron chi connectivity index (χ4n) is 1.64. The zero-order chi connectivity index (χ0) is 12.0. The Kier molecular flexibility index (Phi) is 4.99. The Balaban J connectivity index is 2.34. The Morgan fingerprint density at radius 1 is 1.38 bits per heavy atom. The first kappa shape index (κ1) is 13.2. The number of unbranched alkanes of at least 4 members (excludes halogenated alkanes) is 1. The normalized spacial score (nSPS) is 11.9. The van der Waals surface area contributed by atoms with Gasteiger partial charge in [-0.15, -0.1) is 0 Å². The van der Waals surface area contributed by atoms with Crippen LogP contribution in [0.15, 0.2) is 12.4 Å². The van der Waals surface area contributed by atoms with E-state index in [9.17, 15) is 8.42 Å². The lowest BCUT2D eigenvalue weighted by atomic mass is 10.3. The third-order valence-electron chi connectivity index (χ3n) is 2.44. The van der Waals surface area contributed by atoms with E-state index in [-0.39, 0.29) is 5.75 Å². The van der Waals surface area contributed by atoms with Crippen molar-refractivity contribution in [3.05, 3.63) is 18.2 Å². The third-order valence-corrected chi connectivity index (χ3v) is 3.47. The molecule has 4 nitrogen and oxygen atoms in total. The standard InChI is InChI=1S/C11H20N2O2S/c1-3-6-11-12-7-9-13(11)8-4-5-10-16(2,14)15/h7,9H,3-6,8,10H2,1-2H3. The molecule has 1 rings (SSSR count). The Morgan fingerprint density at radius 3 is 2.75 bits per heavy atom. The molecule has 0 saturated carbocycles. The van der Waals surface area contributed by atoms with Gasteiger partial charge in [-0.25, -0.2) is 13.4 Å². The van der Waals surface area contributed by atoms with Gasteiger partial charge in [0.15, 0.2) is 0 Å². The number of rotatable bonds is 7. The van der Waals surface area contributed by atoms with Crippen molar-refractivity contribution < 1.29 is 8.42 Å². The highest BCUT2D eigenvalue weighted by Crippen LogP contribution is 2.04. The van der Waals surface area contributed by atoms with E-state index < -0.39 is 9.84 Å². The number of nitrogens with zero attached hydrogens (tertiary/aromatic N) is 2. The van der Waals surface area contributed by atoms with Crippen LogP contribution in [0, 0.1) is 0 Å². The summed E-state index contributed by atoms with van der Waals surface area (Å²) in [6, 6.07) is 0. The second kappa shape index (κ2) is 6.03. The summed E-state index contributed by atoms with van der Waals surface area (Å²) in [5.41, 5.74) is 0. The predicted molar refractivity (Wildman–Crippen MR) is 65.2 cm³/mol. The maximum atomic E-state index is 10.9. The number of imidazole rings is 1. The van der Waals surface area contributed by atoms with E-state index in [1.165, 1.54) is 6.26 Å². The Labute approximate surface area is 97.6 Å².